The van der Waals surface area contributed by atoms with Gasteiger partial charge in [0, 0.05) is 38.9 Å². The van der Waals surface area contributed by atoms with Crippen LogP contribution in [0.25, 0.3) is 0 Å². The van der Waals surface area contributed by atoms with E-state index in [4.69, 9.17) is 4.74 Å². The minimum atomic E-state index is 0.473. The van der Waals surface area contributed by atoms with Crippen molar-refractivity contribution in [2.24, 2.45) is 10.8 Å². The van der Waals surface area contributed by atoms with E-state index in [9.17, 15) is 0 Å². The summed E-state index contributed by atoms with van der Waals surface area (Å²) in [6.07, 6.45) is 6.62. The summed E-state index contributed by atoms with van der Waals surface area (Å²) in [5.74, 6) is 0. The SMILES string of the molecule is CC1(C)CCN(CC2(CNC3CC3)CCOCC2)C1. The van der Waals surface area contributed by atoms with Gasteiger partial charge in [0.1, 0.15) is 0 Å². The number of nitrogens with zero attached hydrogens (tertiary/aromatic N) is 1. The predicted octanol–water partition coefficient (Wildman–Crippen LogP) is 2.27. The zero-order chi connectivity index (χ0) is 13.3. The summed E-state index contributed by atoms with van der Waals surface area (Å²) in [6.45, 7) is 11.8. The third-order valence-electron chi connectivity index (χ3n) is 5.21. The lowest BCUT2D eigenvalue weighted by Crippen LogP contribution is -2.47. The third-order valence-corrected chi connectivity index (χ3v) is 5.21. The van der Waals surface area contributed by atoms with Crippen molar-refractivity contribution in [3.63, 3.8) is 0 Å². The first kappa shape index (κ1) is 13.8. The molecule has 19 heavy (non-hydrogen) atoms. The standard InChI is InChI=1S/C16H30N2O/c1-15(2)5-8-18(12-15)13-16(6-9-19-10-7-16)11-17-14-3-4-14/h14,17H,3-13H2,1-2H3. The quantitative estimate of drug-likeness (QED) is 0.826. The number of rotatable bonds is 5. The molecule has 3 nitrogen and oxygen atoms in total. The molecule has 3 rings (SSSR count). The maximum atomic E-state index is 5.61. The number of hydrogen-bond acceptors (Lipinski definition) is 3. The van der Waals surface area contributed by atoms with Crippen LogP contribution in [-0.4, -0.2) is 50.3 Å². The second-order valence-corrected chi connectivity index (χ2v) is 7.89. The Labute approximate surface area is 118 Å². The van der Waals surface area contributed by atoms with E-state index >= 15 is 0 Å². The van der Waals surface area contributed by atoms with Crippen molar-refractivity contribution in [2.45, 2.75) is 52.0 Å². The molecule has 0 spiro atoms. The minimum Gasteiger partial charge on any atom is -0.381 e. The van der Waals surface area contributed by atoms with E-state index in [2.05, 4.69) is 24.1 Å². The van der Waals surface area contributed by atoms with E-state index in [1.54, 1.807) is 0 Å². The largest absolute Gasteiger partial charge is 0.381 e. The van der Waals surface area contributed by atoms with Crippen molar-refractivity contribution < 1.29 is 4.74 Å². The number of hydrogen-bond donors (Lipinski definition) is 1. The Morgan fingerprint density at radius 2 is 1.89 bits per heavy atom. The van der Waals surface area contributed by atoms with Crippen molar-refractivity contribution in [3.8, 4) is 0 Å². The fourth-order valence-corrected chi connectivity index (χ4v) is 3.68. The van der Waals surface area contributed by atoms with Crippen LogP contribution in [0.3, 0.4) is 0 Å². The molecule has 1 aliphatic carbocycles. The van der Waals surface area contributed by atoms with Gasteiger partial charge in [0.15, 0.2) is 0 Å². The summed E-state index contributed by atoms with van der Waals surface area (Å²) >= 11 is 0. The van der Waals surface area contributed by atoms with E-state index in [0.717, 1.165) is 19.3 Å². The van der Waals surface area contributed by atoms with Gasteiger partial charge in [0.25, 0.3) is 0 Å². The molecule has 110 valence electrons. The van der Waals surface area contributed by atoms with E-state index < -0.39 is 0 Å². The highest BCUT2D eigenvalue weighted by Crippen LogP contribution is 2.36. The topological polar surface area (TPSA) is 24.5 Å². The summed E-state index contributed by atoms with van der Waals surface area (Å²) in [5, 5.41) is 3.78. The molecule has 3 fully saturated rings. The monoisotopic (exact) mass is 266 g/mol. The molecular weight excluding hydrogens is 236 g/mol. The van der Waals surface area contributed by atoms with Gasteiger partial charge in [0.2, 0.25) is 0 Å². The molecule has 1 saturated carbocycles. The van der Waals surface area contributed by atoms with E-state index in [1.165, 1.54) is 58.3 Å². The van der Waals surface area contributed by atoms with E-state index in [0.29, 0.717) is 10.8 Å². The fourth-order valence-electron chi connectivity index (χ4n) is 3.68. The molecule has 0 aromatic rings. The van der Waals surface area contributed by atoms with Crippen LogP contribution in [-0.2, 0) is 4.74 Å². The zero-order valence-corrected chi connectivity index (χ0v) is 12.7. The van der Waals surface area contributed by atoms with Gasteiger partial charge < -0.3 is 15.0 Å². The minimum absolute atomic E-state index is 0.473. The molecule has 2 saturated heterocycles. The van der Waals surface area contributed by atoms with Gasteiger partial charge in [-0.1, -0.05) is 13.8 Å². The number of ether oxygens (including phenoxy) is 1. The van der Waals surface area contributed by atoms with Gasteiger partial charge in [-0.05, 0) is 49.5 Å². The normalized spacial score (nSPS) is 30.6. The van der Waals surface area contributed by atoms with Crippen LogP contribution >= 0.6 is 0 Å². The number of likely N-dealkylation sites (tertiary alicyclic amines) is 1. The zero-order valence-electron chi connectivity index (χ0n) is 12.7. The predicted molar refractivity (Wildman–Crippen MR) is 78.3 cm³/mol. The molecule has 3 heteroatoms. The van der Waals surface area contributed by atoms with Gasteiger partial charge >= 0.3 is 0 Å². The molecule has 2 heterocycles. The molecule has 0 atom stereocenters. The lowest BCUT2D eigenvalue weighted by atomic mass is 9.79. The van der Waals surface area contributed by atoms with Crippen LogP contribution in [0.1, 0.15) is 46.0 Å². The first-order valence-electron chi connectivity index (χ1n) is 8.11. The Bertz CT molecular complexity index is 306. The summed E-state index contributed by atoms with van der Waals surface area (Å²) in [5.41, 5.74) is 0.998. The molecule has 0 aromatic carbocycles. The maximum Gasteiger partial charge on any atom is 0.0472 e. The molecular formula is C16H30N2O. The molecule has 0 unspecified atom stereocenters. The summed E-state index contributed by atoms with van der Waals surface area (Å²) in [6, 6.07) is 0.828. The fraction of sp³-hybridized carbons (Fsp3) is 1.00. The Morgan fingerprint density at radius 1 is 1.16 bits per heavy atom. The Hall–Kier alpha value is -0.120. The van der Waals surface area contributed by atoms with E-state index in [-0.39, 0.29) is 0 Å². The highest BCUT2D eigenvalue weighted by Gasteiger charge is 2.39. The Kier molecular flexibility index (Phi) is 3.89. The van der Waals surface area contributed by atoms with Crippen LogP contribution in [0.2, 0.25) is 0 Å². The summed E-state index contributed by atoms with van der Waals surface area (Å²) in [7, 11) is 0. The lowest BCUT2D eigenvalue weighted by molar-refractivity contribution is -0.00227. The lowest BCUT2D eigenvalue weighted by Gasteiger charge is -2.40. The highest BCUT2D eigenvalue weighted by molar-refractivity contribution is 4.93. The van der Waals surface area contributed by atoms with Gasteiger partial charge in [-0.25, -0.2) is 0 Å². The van der Waals surface area contributed by atoms with Gasteiger partial charge in [-0.2, -0.15) is 0 Å². The van der Waals surface area contributed by atoms with Gasteiger partial charge in [-0.3, -0.25) is 0 Å². The Balaban J connectivity index is 1.58. The third kappa shape index (κ3) is 3.71. The molecule has 0 radical (unpaired) electrons. The molecule has 0 aromatic heterocycles. The summed E-state index contributed by atoms with van der Waals surface area (Å²) < 4.78 is 5.61. The van der Waals surface area contributed by atoms with Crippen LogP contribution in [0, 0.1) is 10.8 Å². The molecule has 0 bridgehead atoms. The molecule has 3 aliphatic rings. The van der Waals surface area contributed by atoms with Gasteiger partial charge in [0.05, 0.1) is 0 Å². The second kappa shape index (κ2) is 5.34. The van der Waals surface area contributed by atoms with Crippen LogP contribution < -0.4 is 5.32 Å². The molecule has 0 amide bonds. The Morgan fingerprint density at radius 3 is 2.47 bits per heavy atom. The van der Waals surface area contributed by atoms with Crippen molar-refractivity contribution in [2.75, 3.05) is 39.4 Å². The maximum absolute atomic E-state index is 5.61. The van der Waals surface area contributed by atoms with Crippen LogP contribution in [0.4, 0.5) is 0 Å². The second-order valence-electron chi connectivity index (χ2n) is 7.89. The first-order valence-corrected chi connectivity index (χ1v) is 8.11. The van der Waals surface area contributed by atoms with Crippen molar-refractivity contribution >= 4 is 0 Å². The first-order chi connectivity index (χ1) is 9.07. The molecule has 2 aliphatic heterocycles. The van der Waals surface area contributed by atoms with Crippen LogP contribution in [0.5, 0.6) is 0 Å². The highest BCUT2D eigenvalue weighted by atomic mass is 16.5. The average molecular weight is 266 g/mol. The average Bonchev–Trinajstić information content (AvgIpc) is 3.14. The molecule has 1 N–H and O–H groups in total. The van der Waals surface area contributed by atoms with Crippen molar-refractivity contribution in [1.82, 2.24) is 10.2 Å². The number of nitrogens with one attached hydrogen (secondary N) is 1. The van der Waals surface area contributed by atoms with E-state index in [1.807, 2.05) is 0 Å². The van der Waals surface area contributed by atoms with Crippen molar-refractivity contribution in [3.05, 3.63) is 0 Å². The van der Waals surface area contributed by atoms with Crippen molar-refractivity contribution in [1.29, 1.82) is 0 Å². The van der Waals surface area contributed by atoms with Crippen LogP contribution in [0.15, 0.2) is 0 Å². The van der Waals surface area contributed by atoms with Gasteiger partial charge in [-0.15, -0.1) is 0 Å². The summed E-state index contributed by atoms with van der Waals surface area (Å²) in [4.78, 5) is 2.71. The smallest absolute Gasteiger partial charge is 0.0472 e.